The van der Waals surface area contributed by atoms with Crippen LogP contribution in [-0.4, -0.2) is 41.1 Å². The number of amides is 2. The lowest BCUT2D eigenvalue weighted by molar-refractivity contribution is -0.147. The molecule has 8 heteroatoms. The summed E-state index contributed by atoms with van der Waals surface area (Å²) in [5.41, 5.74) is -0.733. The van der Waals surface area contributed by atoms with Gasteiger partial charge in [0.05, 0.1) is 11.0 Å². The molecule has 3 rings (SSSR count). The first-order valence-electron chi connectivity index (χ1n) is 8.54. The van der Waals surface area contributed by atoms with E-state index in [0.29, 0.717) is 25.8 Å². The summed E-state index contributed by atoms with van der Waals surface area (Å²) in [6.45, 7) is 2.22. The molecule has 26 heavy (non-hydrogen) atoms. The van der Waals surface area contributed by atoms with E-state index >= 15 is 0 Å². The maximum Gasteiger partial charge on any atom is 0.416 e. The first-order chi connectivity index (χ1) is 12.1. The Balaban J connectivity index is 1.48. The molecule has 1 aliphatic carbocycles. The summed E-state index contributed by atoms with van der Waals surface area (Å²) < 4.78 is 37.8. The second kappa shape index (κ2) is 6.48. The summed E-state index contributed by atoms with van der Waals surface area (Å²) in [5.74, 6) is -0.774. The molecule has 1 aromatic carbocycles. The highest BCUT2D eigenvalue weighted by molar-refractivity contribution is 5.79. The number of aliphatic carboxylic acids is 1. The summed E-state index contributed by atoms with van der Waals surface area (Å²) in [7, 11) is 0. The van der Waals surface area contributed by atoms with Crippen molar-refractivity contribution < 1.29 is 27.9 Å². The van der Waals surface area contributed by atoms with Crippen molar-refractivity contribution in [1.82, 2.24) is 10.2 Å². The number of alkyl halides is 3. The monoisotopic (exact) mass is 370 g/mol. The van der Waals surface area contributed by atoms with Gasteiger partial charge in [-0.15, -0.1) is 0 Å². The summed E-state index contributed by atoms with van der Waals surface area (Å²) in [5, 5.41) is 12.1. The quantitative estimate of drug-likeness (QED) is 0.856. The molecule has 5 nitrogen and oxygen atoms in total. The van der Waals surface area contributed by atoms with Gasteiger partial charge < -0.3 is 15.3 Å². The minimum absolute atomic E-state index is 0.0357. The predicted octanol–water partition coefficient (Wildman–Crippen LogP) is 3.46. The highest BCUT2D eigenvalue weighted by Crippen LogP contribution is 2.38. The molecule has 1 atom stereocenters. The van der Waals surface area contributed by atoms with Crippen molar-refractivity contribution in [2.45, 2.75) is 44.3 Å². The lowest BCUT2D eigenvalue weighted by atomic mass is 9.76. The Bertz CT molecular complexity index is 699. The number of nitrogens with one attached hydrogen (secondary N) is 1. The van der Waals surface area contributed by atoms with Crippen molar-refractivity contribution >= 4 is 12.0 Å². The van der Waals surface area contributed by atoms with Crippen molar-refractivity contribution in [3.8, 4) is 0 Å². The number of carboxylic acid groups (broad SMARTS) is 1. The van der Waals surface area contributed by atoms with E-state index in [1.165, 1.54) is 17.0 Å². The number of carbonyl (C=O) groups is 2. The lowest BCUT2D eigenvalue weighted by Gasteiger charge is -2.37. The maximum atomic E-state index is 12.6. The van der Waals surface area contributed by atoms with Crippen LogP contribution in [0.2, 0.25) is 0 Å². The Morgan fingerprint density at radius 2 is 1.85 bits per heavy atom. The van der Waals surface area contributed by atoms with Gasteiger partial charge in [-0.25, -0.2) is 4.79 Å². The molecule has 1 heterocycles. The highest BCUT2D eigenvalue weighted by atomic mass is 19.4. The molecule has 1 aromatic rings. The van der Waals surface area contributed by atoms with Gasteiger partial charge in [0.1, 0.15) is 0 Å². The molecule has 0 bridgehead atoms. The van der Waals surface area contributed by atoms with Crippen LogP contribution in [0.15, 0.2) is 24.3 Å². The number of carboxylic acids is 1. The van der Waals surface area contributed by atoms with Gasteiger partial charge in [-0.1, -0.05) is 12.1 Å². The van der Waals surface area contributed by atoms with Gasteiger partial charge in [0.15, 0.2) is 0 Å². The van der Waals surface area contributed by atoms with Crippen LogP contribution in [0.3, 0.4) is 0 Å². The standard InChI is InChI=1S/C18H21F3N2O3/c1-17(15(24)25)6-7-23(10-17)16(26)22-14-8-12(9-14)11-2-4-13(5-3-11)18(19,20)21/h2-5,12,14H,6-10H2,1H3,(H,22,26)(H,24,25). The van der Waals surface area contributed by atoms with E-state index < -0.39 is 23.1 Å². The second-order valence-corrected chi connectivity index (χ2v) is 7.47. The number of hydrogen-bond donors (Lipinski definition) is 2. The van der Waals surface area contributed by atoms with Gasteiger partial charge in [0.25, 0.3) is 0 Å². The van der Waals surface area contributed by atoms with Crippen LogP contribution in [-0.2, 0) is 11.0 Å². The predicted molar refractivity (Wildman–Crippen MR) is 87.7 cm³/mol. The van der Waals surface area contributed by atoms with E-state index in [1.807, 2.05) is 0 Å². The van der Waals surface area contributed by atoms with E-state index in [2.05, 4.69) is 5.32 Å². The molecule has 1 saturated carbocycles. The normalized spacial score (nSPS) is 28.5. The molecule has 0 aromatic heterocycles. The number of urea groups is 1. The fourth-order valence-electron chi connectivity index (χ4n) is 3.53. The van der Waals surface area contributed by atoms with Crippen molar-refractivity contribution in [1.29, 1.82) is 0 Å². The largest absolute Gasteiger partial charge is 0.481 e. The van der Waals surface area contributed by atoms with E-state index in [-0.39, 0.29) is 24.5 Å². The number of likely N-dealkylation sites (tertiary alicyclic amines) is 1. The molecular weight excluding hydrogens is 349 g/mol. The number of nitrogens with zero attached hydrogens (tertiary/aromatic N) is 1. The van der Waals surface area contributed by atoms with E-state index in [1.54, 1.807) is 6.92 Å². The van der Waals surface area contributed by atoms with Crippen LogP contribution in [0.1, 0.15) is 43.2 Å². The number of benzene rings is 1. The maximum absolute atomic E-state index is 12.6. The van der Waals surface area contributed by atoms with Gasteiger partial charge in [-0.2, -0.15) is 13.2 Å². The smallest absolute Gasteiger partial charge is 0.416 e. The molecule has 2 fully saturated rings. The topological polar surface area (TPSA) is 69.6 Å². The van der Waals surface area contributed by atoms with Crippen molar-refractivity contribution in [2.75, 3.05) is 13.1 Å². The van der Waals surface area contributed by atoms with E-state index in [0.717, 1.165) is 17.7 Å². The Hall–Kier alpha value is -2.25. The van der Waals surface area contributed by atoms with Crippen molar-refractivity contribution in [3.63, 3.8) is 0 Å². The molecule has 1 aliphatic heterocycles. The van der Waals surface area contributed by atoms with Crippen LogP contribution >= 0.6 is 0 Å². The first kappa shape index (κ1) is 18.5. The van der Waals surface area contributed by atoms with E-state index in [9.17, 15) is 27.9 Å². The zero-order chi connectivity index (χ0) is 19.1. The average Bonchev–Trinajstić information content (AvgIpc) is 2.94. The highest BCUT2D eigenvalue weighted by Gasteiger charge is 2.43. The number of halogens is 3. The molecule has 1 unspecified atom stereocenters. The SMILES string of the molecule is CC1(C(=O)O)CCN(C(=O)NC2CC(c3ccc(C(F)(F)F)cc3)C2)C1. The van der Waals surface area contributed by atoms with Gasteiger partial charge >= 0.3 is 18.2 Å². The summed E-state index contributed by atoms with van der Waals surface area (Å²) >= 11 is 0. The molecule has 0 spiro atoms. The van der Waals surface area contributed by atoms with Crippen LogP contribution in [0.25, 0.3) is 0 Å². The Kier molecular flexibility index (Phi) is 4.62. The van der Waals surface area contributed by atoms with E-state index in [4.69, 9.17) is 0 Å². The molecule has 1 saturated heterocycles. The van der Waals surface area contributed by atoms with Crippen molar-refractivity contribution in [3.05, 3.63) is 35.4 Å². The van der Waals surface area contributed by atoms with Gasteiger partial charge in [-0.05, 0) is 49.8 Å². The molecule has 2 amide bonds. The third-order valence-corrected chi connectivity index (χ3v) is 5.45. The third kappa shape index (κ3) is 3.64. The molecular formula is C18H21F3N2O3. The summed E-state index contributed by atoms with van der Waals surface area (Å²) in [6, 6.07) is 4.84. The Morgan fingerprint density at radius 3 is 2.35 bits per heavy atom. The van der Waals surface area contributed by atoms with Crippen molar-refractivity contribution in [2.24, 2.45) is 5.41 Å². The Labute approximate surface area is 149 Å². The first-order valence-corrected chi connectivity index (χ1v) is 8.54. The Morgan fingerprint density at radius 1 is 1.23 bits per heavy atom. The molecule has 142 valence electrons. The van der Waals surface area contributed by atoms with Gasteiger partial charge in [0, 0.05) is 19.1 Å². The van der Waals surface area contributed by atoms with Crippen LogP contribution in [0, 0.1) is 5.41 Å². The van der Waals surface area contributed by atoms with Gasteiger partial charge in [-0.3, -0.25) is 4.79 Å². The van der Waals surface area contributed by atoms with Crippen LogP contribution in [0.5, 0.6) is 0 Å². The minimum atomic E-state index is -4.34. The van der Waals surface area contributed by atoms with Crippen LogP contribution in [0.4, 0.5) is 18.0 Å². The molecule has 2 aliphatic rings. The fourth-order valence-corrected chi connectivity index (χ4v) is 3.53. The number of hydrogen-bond acceptors (Lipinski definition) is 2. The molecule has 0 radical (unpaired) electrons. The minimum Gasteiger partial charge on any atom is -0.481 e. The third-order valence-electron chi connectivity index (χ3n) is 5.45. The number of rotatable bonds is 3. The zero-order valence-electron chi connectivity index (χ0n) is 14.3. The van der Waals surface area contributed by atoms with Gasteiger partial charge in [0.2, 0.25) is 0 Å². The average molecular weight is 370 g/mol. The summed E-state index contributed by atoms with van der Waals surface area (Å²) in [4.78, 5) is 25.0. The molecule has 2 N–H and O–H groups in total. The zero-order valence-corrected chi connectivity index (χ0v) is 14.3. The number of carbonyl (C=O) groups excluding carboxylic acids is 1. The van der Waals surface area contributed by atoms with Crippen LogP contribution < -0.4 is 5.32 Å². The lowest BCUT2D eigenvalue weighted by Crippen LogP contribution is -2.49. The summed E-state index contributed by atoms with van der Waals surface area (Å²) in [6.07, 6.45) is -2.58. The fraction of sp³-hybridized carbons (Fsp3) is 0.556. The second-order valence-electron chi connectivity index (χ2n) is 7.47.